The van der Waals surface area contributed by atoms with E-state index in [1.165, 1.54) is 0 Å². The Labute approximate surface area is 95.7 Å². The van der Waals surface area contributed by atoms with Gasteiger partial charge in [0, 0.05) is 5.56 Å². The Kier molecular flexibility index (Phi) is 3.75. The fourth-order valence-electron chi connectivity index (χ4n) is 1.69. The van der Waals surface area contributed by atoms with Crippen LogP contribution in [0.25, 0.3) is 0 Å². The molecule has 1 rings (SSSR count). The highest BCUT2D eigenvalue weighted by Crippen LogP contribution is 2.26. The van der Waals surface area contributed by atoms with Crippen LogP contribution in [-0.4, -0.2) is 18.1 Å². The van der Waals surface area contributed by atoms with Crippen LogP contribution >= 0.6 is 0 Å². The van der Waals surface area contributed by atoms with Gasteiger partial charge in [-0.05, 0) is 18.9 Å². The smallest absolute Gasteiger partial charge is 0.339 e. The van der Waals surface area contributed by atoms with Crippen LogP contribution in [0.15, 0.2) is 10.7 Å². The Balaban J connectivity index is 3.05. The molecule has 4 heteroatoms. The van der Waals surface area contributed by atoms with E-state index in [1.54, 1.807) is 13.3 Å². The lowest BCUT2D eigenvalue weighted by Gasteiger charge is -2.17. The number of aromatic carboxylic acids is 1. The minimum absolute atomic E-state index is 0.0466. The van der Waals surface area contributed by atoms with Gasteiger partial charge in [-0.15, -0.1) is 0 Å². The van der Waals surface area contributed by atoms with Gasteiger partial charge in [0.25, 0.3) is 0 Å². The molecule has 0 unspecified atom stereocenters. The van der Waals surface area contributed by atoms with Gasteiger partial charge in [-0.25, -0.2) is 4.79 Å². The third-order valence-electron chi connectivity index (χ3n) is 2.22. The normalized spacial score (nSPS) is 11.8. The number of hydrogen-bond donors (Lipinski definition) is 2. The summed E-state index contributed by atoms with van der Waals surface area (Å²) >= 11 is 0. The summed E-state index contributed by atoms with van der Waals surface area (Å²) < 4.78 is 5.30. The average molecular weight is 225 g/mol. The highest BCUT2D eigenvalue weighted by Gasteiger charge is 2.23. The SMILES string of the molecule is CNCc1occ(CC(C)(C)C)c1C(=O)O. The van der Waals surface area contributed by atoms with Crippen molar-refractivity contribution in [2.24, 2.45) is 5.41 Å². The first-order chi connectivity index (χ1) is 7.35. The summed E-state index contributed by atoms with van der Waals surface area (Å²) in [4.78, 5) is 11.2. The predicted octanol–water partition coefficient (Wildman–Crippen LogP) is 2.29. The number of furan rings is 1. The van der Waals surface area contributed by atoms with Crippen molar-refractivity contribution in [3.63, 3.8) is 0 Å². The first kappa shape index (κ1) is 12.8. The molecule has 0 radical (unpaired) electrons. The number of nitrogens with one attached hydrogen (secondary N) is 1. The van der Waals surface area contributed by atoms with Crippen LogP contribution in [0.5, 0.6) is 0 Å². The van der Waals surface area contributed by atoms with Crippen LogP contribution in [0.2, 0.25) is 0 Å². The van der Waals surface area contributed by atoms with Crippen LogP contribution < -0.4 is 5.32 Å². The van der Waals surface area contributed by atoms with Gasteiger partial charge in [0.2, 0.25) is 0 Å². The molecule has 0 bridgehead atoms. The van der Waals surface area contributed by atoms with Crippen molar-refractivity contribution in [2.45, 2.75) is 33.7 Å². The third-order valence-corrected chi connectivity index (χ3v) is 2.22. The summed E-state index contributed by atoms with van der Waals surface area (Å²) in [5.41, 5.74) is 1.12. The Morgan fingerprint density at radius 2 is 2.12 bits per heavy atom. The maximum atomic E-state index is 11.2. The van der Waals surface area contributed by atoms with Gasteiger partial charge in [0.05, 0.1) is 12.8 Å². The quantitative estimate of drug-likeness (QED) is 0.825. The molecule has 0 fully saturated rings. The van der Waals surface area contributed by atoms with Crippen LogP contribution in [-0.2, 0) is 13.0 Å². The van der Waals surface area contributed by atoms with E-state index in [0.29, 0.717) is 24.3 Å². The van der Waals surface area contributed by atoms with Gasteiger partial charge in [-0.2, -0.15) is 0 Å². The Morgan fingerprint density at radius 3 is 2.56 bits per heavy atom. The molecule has 0 aliphatic heterocycles. The van der Waals surface area contributed by atoms with Crippen molar-refractivity contribution in [3.05, 3.63) is 23.2 Å². The van der Waals surface area contributed by atoms with Crippen LogP contribution in [0.1, 0.15) is 42.5 Å². The third kappa shape index (κ3) is 3.10. The number of carboxylic acids is 1. The monoisotopic (exact) mass is 225 g/mol. The second kappa shape index (κ2) is 4.70. The molecule has 1 heterocycles. The molecule has 0 aromatic carbocycles. The summed E-state index contributed by atoms with van der Waals surface area (Å²) in [6.45, 7) is 6.65. The summed E-state index contributed by atoms with van der Waals surface area (Å²) in [5.74, 6) is -0.424. The number of rotatable bonds is 4. The molecule has 1 aromatic rings. The maximum absolute atomic E-state index is 11.2. The molecule has 0 saturated carbocycles. The van der Waals surface area contributed by atoms with Crippen molar-refractivity contribution < 1.29 is 14.3 Å². The molecule has 4 nitrogen and oxygen atoms in total. The Morgan fingerprint density at radius 1 is 1.50 bits per heavy atom. The lowest BCUT2D eigenvalue weighted by atomic mass is 9.87. The molecule has 0 spiro atoms. The van der Waals surface area contributed by atoms with E-state index in [9.17, 15) is 9.90 Å². The zero-order valence-corrected chi connectivity index (χ0v) is 10.3. The maximum Gasteiger partial charge on any atom is 0.339 e. The lowest BCUT2D eigenvalue weighted by molar-refractivity contribution is 0.0693. The summed E-state index contributed by atoms with van der Waals surface area (Å²) in [5, 5.41) is 12.1. The summed E-state index contributed by atoms with van der Waals surface area (Å²) in [6, 6.07) is 0. The standard InChI is InChI=1S/C12H19NO3/c1-12(2,3)5-8-7-16-9(6-13-4)10(8)11(14)15/h7,13H,5-6H2,1-4H3,(H,14,15). The molecule has 0 saturated heterocycles. The van der Waals surface area contributed by atoms with Crippen molar-refractivity contribution in [1.82, 2.24) is 5.32 Å². The van der Waals surface area contributed by atoms with Crippen LogP contribution in [0, 0.1) is 5.41 Å². The highest BCUT2D eigenvalue weighted by molar-refractivity contribution is 5.90. The van der Waals surface area contributed by atoms with Crippen molar-refractivity contribution in [2.75, 3.05) is 7.05 Å². The topological polar surface area (TPSA) is 62.5 Å². The highest BCUT2D eigenvalue weighted by atomic mass is 16.4. The van der Waals surface area contributed by atoms with Crippen LogP contribution in [0.3, 0.4) is 0 Å². The number of carbonyl (C=O) groups is 1. The fraction of sp³-hybridized carbons (Fsp3) is 0.583. The number of carboxylic acid groups (broad SMARTS) is 1. The van der Waals surface area contributed by atoms with E-state index in [4.69, 9.17) is 4.42 Å². The van der Waals surface area contributed by atoms with E-state index in [0.717, 1.165) is 5.56 Å². The molecular weight excluding hydrogens is 206 g/mol. The minimum Gasteiger partial charge on any atom is -0.478 e. The Bertz CT molecular complexity index is 374. The van der Waals surface area contributed by atoms with Crippen molar-refractivity contribution >= 4 is 5.97 Å². The van der Waals surface area contributed by atoms with E-state index in [-0.39, 0.29) is 5.41 Å². The van der Waals surface area contributed by atoms with Gasteiger partial charge < -0.3 is 14.8 Å². The lowest BCUT2D eigenvalue weighted by Crippen LogP contribution is -2.14. The second-order valence-electron chi connectivity index (χ2n) is 5.13. The van der Waals surface area contributed by atoms with Gasteiger partial charge in [-0.3, -0.25) is 0 Å². The van der Waals surface area contributed by atoms with Gasteiger partial charge >= 0.3 is 5.97 Å². The van der Waals surface area contributed by atoms with E-state index < -0.39 is 5.97 Å². The Hall–Kier alpha value is -1.29. The number of hydrogen-bond acceptors (Lipinski definition) is 3. The molecule has 90 valence electrons. The van der Waals surface area contributed by atoms with Crippen molar-refractivity contribution in [1.29, 1.82) is 0 Å². The van der Waals surface area contributed by atoms with Crippen LogP contribution in [0.4, 0.5) is 0 Å². The molecule has 0 amide bonds. The summed E-state index contributed by atoms with van der Waals surface area (Å²) in [6.07, 6.45) is 2.25. The van der Waals surface area contributed by atoms with E-state index in [1.807, 2.05) is 0 Å². The largest absolute Gasteiger partial charge is 0.478 e. The van der Waals surface area contributed by atoms with Gasteiger partial charge in [0.1, 0.15) is 11.3 Å². The van der Waals surface area contributed by atoms with Gasteiger partial charge in [-0.1, -0.05) is 20.8 Å². The predicted molar refractivity (Wildman–Crippen MR) is 61.6 cm³/mol. The van der Waals surface area contributed by atoms with Gasteiger partial charge in [0.15, 0.2) is 0 Å². The molecule has 0 atom stereocenters. The molecule has 1 aromatic heterocycles. The molecule has 2 N–H and O–H groups in total. The first-order valence-corrected chi connectivity index (χ1v) is 5.32. The minimum atomic E-state index is -0.918. The van der Waals surface area contributed by atoms with E-state index >= 15 is 0 Å². The molecular formula is C12H19NO3. The van der Waals surface area contributed by atoms with Crippen molar-refractivity contribution in [3.8, 4) is 0 Å². The van der Waals surface area contributed by atoms with E-state index in [2.05, 4.69) is 26.1 Å². The fourth-order valence-corrected chi connectivity index (χ4v) is 1.69. The second-order valence-corrected chi connectivity index (χ2v) is 5.13. The molecule has 0 aliphatic rings. The summed E-state index contributed by atoms with van der Waals surface area (Å²) in [7, 11) is 1.76. The zero-order chi connectivity index (χ0) is 12.3. The average Bonchev–Trinajstić information content (AvgIpc) is 2.45. The first-order valence-electron chi connectivity index (χ1n) is 5.32. The zero-order valence-electron chi connectivity index (χ0n) is 10.3. The molecule has 16 heavy (non-hydrogen) atoms. The molecule has 0 aliphatic carbocycles.